The van der Waals surface area contributed by atoms with E-state index in [1.165, 1.54) is 18.4 Å². The number of guanidine groups is 1. The van der Waals surface area contributed by atoms with Crippen molar-refractivity contribution in [3.63, 3.8) is 0 Å². The fourth-order valence-corrected chi connectivity index (χ4v) is 2.07. The molecule has 0 radical (unpaired) electrons. The van der Waals surface area contributed by atoms with Gasteiger partial charge in [0, 0.05) is 53.2 Å². The summed E-state index contributed by atoms with van der Waals surface area (Å²) in [4.78, 5) is 6.41. The molecule has 1 aromatic heterocycles. The second-order valence-electron chi connectivity index (χ2n) is 5.53. The van der Waals surface area contributed by atoms with E-state index in [0.717, 1.165) is 38.2 Å². The van der Waals surface area contributed by atoms with E-state index in [1.54, 1.807) is 0 Å². The maximum atomic E-state index is 5.66. The van der Waals surface area contributed by atoms with Crippen molar-refractivity contribution in [3.05, 3.63) is 24.0 Å². The average molecular weight is 406 g/mol. The Morgan fingerprint density at radius 2 is 2.29 bits per heavy atom. The fourth-order valence-electron chi connectivity index (χ4n) is 2.07. The maximum absolute atomic E-state index is 5.66. The highest BCUT2D eigenvalue weighted by Crippen LogP contribution is 2.28. The Morgan fingerprint density at radius 3 is 2.86 bits per heavy atom. The third-order valence-corrected chi connectivity index (χ3v) is 3.54. The van der Waals surface area contributed by atoms with Crippen LogP contribution in [0.5, 0.6) is 0 Å². The highest BCUT2D eigenvalue weighted by Gasteiger charge is 2.21. The van der Waals surface area contributed by atoms with Gasteiger partial charge in [-0.3, -0.25) is 4.99 Å². The summed E-state index contributed by atoms with van der Waals surface area (Å²) in [5, 5.41) is 3.37. The zero-order valence-corrected chi connectivity index (χ0v) is 15.5. The van der Waals surface area contributed by atoms with Gasteiger partial charge in [-0.25, -0.2) is 0 Å². The van der Waals surface area contributed by atoms with Crippen LogP contribution in [-0.4, -0.2) is 49.3 Å². The third-order valence-electron chi connectivity index (χ3n) is 3.54. The van der Waals surface area contributed by atoms with Gasteiger partial charge in [-0.15, -0.1) is 24.0 Å². The molecule has 0 bridgehead atoms. The number of rotatable bonds is 7. The topological polar surface area (TPSA) is 41.8 Å². The Hall–Kier alpha value is -0.760. The van der Waals surface area contributed by atoms with Crippen molar-refractivity contribution in [1.29, 1.82) is 0 Å². The summed E-state index contributed by atoms with van der Waals surface area (Å²) in [6.07, 6.45) is 6.85. The SMILES string of the molecule is CN=C(NCc1ccn(C)c1)N(C)CCOCC1CC1.I. The lowest BCUT2D eigenvalue weighted by Crippen LogP contribution is -2.40. The van der Waals surface area contributed by atoms with Crippen molar-refractivity contribution in [2.45, 2.75) is 19.4 Å². The molecule has 1 heterocycles. The van der Waals surface area contributed by atoms with Gasteiger partial charge in [0.1, 0.15) is 0 Å². The van der Waals surface area contributed by atoms with Gasteiger partial charge in [0.05, 0.1) is 6.61 Å². The Kier molecular flexibility index (Phi) is 8.10. The van der Waals surface area contributed by atoms with Crippen molar-refractivity contribution in [3.8, 4) is 0 Å². The molecule has 2 rings (SSSR count). The number of nitrogens with one attached hydrogen (secondary N) is 1. The summed E-state index contributed by atoms with van der Waals surface area (Å²) in [6.45, 7) is 3.34. The quantitative estimate of drug-likeness (QED) is 0.326. The Bertz CT molecular complexity index is 443. The average Bonchev–Trinajstić information content (AvgIpc) is 3.17. The number of halogens is 1. The van der Waals surface area contributed by atoms with Crippen molar-refractivity contribution < 1.29 is 4.74 Å². The predicted molar refractivity (Wildman–Crippen MR) is 97.2 cm³/mol. The molecular weight excluding hydrogens is 379 g/mol. The highest BCUT2D eigenvalue weighted by molar-refractivity contribution is 14.0. The normalized spacial score (nSPS) is 14.7. The molecule has 0 unspecified atom stereocenters. The summed E-state index contributed by atoms with van der Waals surface area (Å²) >= 11 is 0. The molecule has 0 saturated heterocycles. The highest BCUT2D eigenvalue weighted by atomic mass is 127. The summed E-state index contributed by atoms with van der Waals surface area (Å²) in [7, 11) is 5.89. The first kappa shape index (κ1) is 18.3. The molecule has 0 atom stereocenters. The number of hydrogen-bond donors (Lipinski definition) is 1. The molecule has 21 heavy (non-hydrogen) atoms. The van der Waals surface area contributed by atoms with Crippen LogP contribution in [0.25, 0.3) is 0 Å². The van der Waals surface area contributed by atoms with Crippen LogP contribution in [-0.2, 0) is 18.3 Å². The molecule has 1 aliphatic rings. The number of aliphatic imine (C=N–C) groups is 1. The molecule has 0 aromatic carbocycles. The van der Waals surface area contributed by atoms with E-state index in [2.05, 4.69) is 38.2 Å². The van der Waals surface area contributed by atoms with Crippen molar-refractivity contribution in [2.75, 3.05) is 33.9 Å². The lowest BCUT2D eigenvalue weighted by atomic mass is 10.3. The standard InChI is InChI=1S/C15H26N4O.HI/c1-16-15(17-10-14-6-7-18(2)11-14)19(3)8-9-20-12-13-4-5-13;/h6-7,11,13H,4-5,8-10,12H2,1-3H3,(H,16,17);1H. The van der Waals surface area contributed by atoms with Gasteiger partial charge in [-0.05, 0) is 30.4 Å². The van der Waals surface area contributed by atoms with Crippen LogP contribution >= 0.6 is 24.0 Å². The minimum atomic E-state index is 0. The molecule has 1 N–H and O–H groups in total. The molecule has 0 amide bonds. The molecule has 6 heteroatoms. The van der Waals surface area contributed by atoms with Crippen LogP contribution in [0, 0.1) is 5.92 Å². The van der Waals surface area contributed by atoms with E-state index in [1.807, 2.05) is 21.1 Å². The zero-order valence-electron chi connectivity index (χ0n) is 13.2. The van der Waals surface area contributed by atoms with Gasteiger partial charge in [0.2, 0.25) is 0 Å². The summed E-state index contributed by atoms with van der Waals surface area (Å²) in [5.74, 6) is 1.74. The minimum absolute atomic E-state index is 0. The van der Waals surface area contributed by atoms with Gasteiger partial charge >= 0.3 is 0 Å². The van der Waals surface area contributed by atoms with Crippen LogP contribution < -0.4 is 5.32 Å². The van der Waals surface area contributed by atoms with Gasteiger partial charge in [-0.2, -0.15) is 0 Å². The van der Waals surface area contributed by atoms with E-state index in [-0.39, 0.29) is 24.0 Å². The van der Waals surface area contributed by atoms with E-state index in [0.29, 0.717) is 0 Å². The number of hydrogen-bond acceptors (Lipinski definition) is 2. The van der Waals surface area contributed by atoms with E-state index in [9.17, 15) is 0 Å². The van der Waals surface area contributed by atoms with E-state index < -0.39 is 0 Å². The van der Waals surface area contributed by atoms with Gasteiger partial charge in [0.15, 0.2) is 5.96 Å². The van der Waals surface area contributed by atoms with E-state index in [4.69, 9.17) is 4.74 Å². The largest absolute Gasteiger partial charge is 0.379 e. The fraction of sp³-hybridized carbons (Fsp3) is 0.667. The first-order valence-corrected chi connectivity index (χ1v) is 7.29. The molecule has 1 aliphatic carbocycles. The molecule has 0 spiro atoms. The van der Waals surface area contributed by atoms with Crippen LogP contribution in [0.2, 0.25) is 0 Å². The van der Waals surface area contributed by atoms with Crippen molar-refractivity contribution >= 4 is 29.9 Å². The van der Waals surface area contributed by atoms with Crippen LogP contribution in [0.15, 0.2) is 23.5 Å². The zero-order chi connectivity index (χ0) is 14.4. The monoisotopic (exact) mass is 406 g/mol. The summed E-state index contributed by atoms with van der Waals surface area (Å²) in [6, 6.07) is 2.11. The lowest BCUT2D eigenvalue weighted by Gasteiger charge is -2.21. The molecule has 120 valence electrons. The van der Waals surface area contributed by atoms with E-state index >= 15 is 0 Å². The van der Waals surface area contributed by atoms with Crippen molar-refractivity contribution in [1.82, 2.24) is 14.8 Å². The van der Waals surface area contributed by atoms with Crippen LogP contribution in [0.1, 0.15) is 18.4 Å². The Morgan fingerprint density at radius 1 is 1.52 bits per heavy atom. The number of nitrogens with zero attached hydrogens (tertiary/aromatic N) is 3. The second kappa shape index (κ2) is 9.30. The summed E-state index contributed by atoms with van der Waals surface area (Å²) in [5.41, 5.74) is 1.26. The molecular formula is C15H27IN4O. The number of aromatic nitrogens is 1. The summed E-state index contributed by atoms with van der Waals surface area (Å²) < 4.78 is 7.71. The number of ether oxygens (including phenoxy) is 1. The van der Waals surface area contributed by atoms with Crippen LogP contribution in [0.4, 0.5) is 0 Å². The first-order chi connectivity index (χ1) is 9.69. The number of aryl methyl sites for hydroxylation is 1. The molecule has 5 nitrogen and oxygen atoms in total. The molecule has 0 aliphatic heterocycles. The smallest absolute Gasteiger partial charge is 0.193 e. The Balaban J connectivity index is 0.00000220. The van der Waals surface area contributed by atoms with Gasteiger partial charge in [-0.1, -0.05) is 0 Å². The maximum Gasteiger partial charge on any atom is 0.193 e. The lowest BCUT2D eigenvalue weighted by molar-refractivity contribution is 0.115. The first-order valence-electron chi connectivity index (χ1n) is 7.29. The van der Waals surface area contributed by atoms with Crippen LogP contribution in [0.3, 0.4) is 0 Å². The van der Waals surface area contributed by atoms with Gasteiger partial charge in [0.25, 0.3) is 0 Å². The third kappa shape index (κ3) is 6.69. The Labute approximate surface area is 144 Å². The molecule has 1 aromatic rings. The molecule has 1 fully saturated rings. The molecule has 1 saturated carbocycles. The minimum Gasteiger partial charge on any atom is -0.379 e. The van der Waals surface area contributed by atoms with Gasteiger partial charge < -0.3 is 19.5 Å². The number of likely N-dealkylation sites (N-methyl/N-ethyl adjacent to an activating group) is 1. The predicted octanol–water partition coefficient (Wildman–Crippen LogP) is 2.08. The van der Waals surface area contributed by atoms with Crippen molar-refractivity contribution in [2.24, 2.45) is 18.0 Å². The second-order valence-corrected chi connectivity index (χ2v) is 5.53.